The summed E-state index contributed by atoms with van der Waals surface area (Å²) in [5.41, 5.74) is -2.89. The number of alkyl halides is 1. The minimum Gasteiger partial charge on any atom is -0.457 e. The Morgan fingerprint density at radius 1 is 1.07 bits per heavy atom. The second kappa shape index (κ2) is 8.94. The first kappa shape index (κ1) is 26.6. The Labute approximate surface area is 186 Å². The number of hydrogen-bond donors (Lipinski definition) is 1. The third-order valence-corrected chi connectivity index (χ3v) is 6.91. The zero-order chi connectivity index (χ0) is 23.7. The van der Waals surface area contributed by atoms with E-state index in [-0.39, 0.29) is 25.9 Å². The van der Waals surface area contributed by atoms with Gasteiger partial charge in [-0.1, -0.05) is 36.7 Å². The van der Waals surface area contributed by atoms with Gasteiger partial charge in [-0.2, -0.15) is 0 Å². The van der Waals surface area contributed by atoms with Crippen molar-refractivity contribution in [2.75, 3.05) is 6.61 Å². The van der Waals surface area contributed by atoms with E-state index in [0.717, 1.165) is 0 Å². The molecule has 0 bridgehead atoms. The average Bonchev–Trinajstić information content (AvgIpc) is 2.91. The lowest BCUT2D eigenvalue weighted by molar-refractivity contribution is -0.203. The molecule has 30 heavy (non-hydrogen) atoms. The standard InChI is InChI=1S/C21H34BrNO7/c1-13(16(27)30-23-14(25)9-10-15(23)26)18(2,3)11-21(8,20(6,7)22)17(28)29-19(4,5)12-24/h13,24H,9-12H2,1-8H3. The van der Waals surface area contributed by atoms with Crippen LogP contribution in [0, 0.1) is 16.7 Å². The second-order valence-corrected chi connectivity index (χ2v) is 12.0. The van der Waals surface area contributed by atoms with E-state index >= 15 is 0 Å². The third-order valence-electron chi connectivity index (χ3n) is 6.03. The van der Waals surface area contributed by atoms with E-state index in [9.17, 15) is 24.3 Å². The van der Waals surface area contributed by atoms with Gasteiger partial charge in [0, 0.05) is 17.2 Å². The summed E-state index contributed by atoms with van der Waals surface area (Å²) in [6.07, 6.45) is 0.273. The Kier molecular flexibility index (Phi) is 7.92. The van der Waals surface area contributed by atoms with Gasteiger partial charge in [0.25, 0.3) is 11.8 Å². The predicted molar refractivity (Wildman–Crippen MR) is 113 cm³/mol. The van der Waals surface area contributed by atoms with E-state index in [1.165, 1.54) is 0 Å². The number of halogens is 1. The van der Waals surface area contributed by atoms with Crippen molar-refractivity contribution in [2.45, 2.75) is 84.6 Å². The molecule has 2 atom stereocenters. The van der Waals surface area contributed by atoms with Crippen LogP contribution in [0.5, 0.6) is 0 Å². The van der Waals surface area contributed by atoms with Crippen molar-refractivity contribution in [1.82, 2.24) is 5.06 Å². The van der Waals surface area contributed by atoms with Gasteiger partial charge in [0.2, 0.25) is 0 Å². The van der Waals surface area contributed by atoms with Gasteiger partial charge >= 0.3 is 11.9 Å². The monoisotopic (exact) mass is 491 g/mol. The van der Waals surface area contributed by atoms with E-state index < -0.39 is 50.4 Å². The Bertz CT molecular complexity index is 695. The number of hydrogen-bond acceptors (Lipinski definition) is 7. The Morgan fingerprint density at radius 3 is 1.93 bits per heavy atom. The van der Waals surface area contributed by atoms with Gasteiger partial charge in [-0.05, 0) is 46.5 Å². The largest absolute Gasteiger partial charge is 0.457 e. The molecular formula is C21H34BrNO7. The second-order valence-electron chi connectivity index (χ2n) is 9.99. The molecule has 0 aromatic rings. The molecule has 1 fully saturated rings. The number of esters is 1. The van der Waals surface area contributed by atoms with Gasteiger partial charge in [-0.25, -0.2) is 4.79 Å². The lowest BCUT2D eigenvalue weighted by Crippen LogP contribution is -2.51. The maximum Gasteiger partial charge on any atom is 0.336 e. The van der Waals surface area contributed by atoms with Gasteiger partial charge in [-0.15, -0.1) is 5.06 Å². The van der Waals surface area contributed by atoms with E-state index in [1.54, 1.807) is 27.7 Å². The van der Waals surface area contributed by atoms with Crippen molar-refractivity contribution in [2.24, 2.45) is 16.7 Å². The number of nitrogens with zero attached hydrogens (tertiary/aromatic N) is 1. The molecule has 0 spiro atoms. The number of aliphatic hydroxyl groups is 1. The van der Waals surface area contributed by atoms with E-state index in [4.69, 9.17) is 9.57 Å². The molecule has 1 aliphatic rings. The minimum atomic E-state index is -1.07. The summed E-state index contributed by atoms with van der Waals surface area (Å²) in [5, 5.41) is 10.0. The SMILES string of the molecule is CC(C(=O)ON1C(=O)CCC1=O)C(C)(C)CC(C)(C(=O)OC(C)(C)CO)C(C)(C)Br. The molecule has 172 valence electrons. The zero-order valence-electron chi connectivity index (χ0n) is 19.1. The van der Waals surface area contributed by atoms with Crippen molar-refractivity contribution in [3.63, 3.8) is 0 Å². The molecule has 1 N–H and O–H groups in total. The number of ether oxygens (including phenoxy) is 1. The predicted octanol–water partition coefficient (Wildman–Crippen LogP) is 3.14. The van der Waals surface area contributed by atoms with Gasteiger partial charge in [0.05, 0.1) is 17.9 Å². The molecule has 2 unspecified atom stereocenters. The summed E-state index contributed by atoms with van der Waals surface area (Å²) >= 11 is 3.58. The maximum atomic E-state index is 13.1. The molecule has 1 heterocycles. The number of imide groups is 1. The van der Waals surface area contributed by atoms with Gasteiger partial charge in [0.15, 0.2) is 0 Å². The topological polar surface area (TPSA) is 110 Å². The molecule has 1 aliphatic heterocycles. The lowest BCUT2D eigenvalue weighted by Gasteiger charge is -2.45. The van der Waals surface area contributed by atoms with Gasteiger partial charge in [0.1, 0.15) is 5.60 Å². The lowest BCUT2D eigenvalue weighted by atomic mass is 9.64. The zero-order valence-corrected chi connectivity index (χ0v) is 20.7. The first-order valence-corrected chi connectivity index (χ1v) is 10.8. The number of amides is 2. The maximum absolute atomic E-state index is 13.1. The summed E-state index contributed by atoms with van der Waals surface area (Å²) in [5.74, 6) is -3.05. The molecule has 0 saturated carbocycles. The molecule has 0 radical (unpaired) electrons. The molecule has 1 saturated heterocycles. The van der Waals surface area contributed by atoms with Crippen molar-refractivity contribution < 1.29 is 33.9 Å². The van der Waals surface area contributed by atoms with Crippen LogP contribution in [0.4, 0.5) is 0 Å². The molecule has 0 aromatic heterocycles. The smallest absolute Gasteiger partial charge is 0.336 e. The van der Waals surface area contributed by atoms with Crippen molar-refractivity contribution in [3.05, 3.63) is 0 Å². The highest BCUT2D eigenvalue weighted by molar-refractivity contribution is 9.10. The molecular weight excluding hydrogens is 458 g/mol. The molecule has 8 nitrogen and oxygen atoms in total. The van der Waals surface area contributed by atoms with Crippen molar-refractivity contribution in [3.8, 4) is 0 Å². The highest BCUT2D eigenvalue weighted by atomic mass is 79.9. The van der Waals surface area contributed by atoms with Gasteiger partial charge in [-0.3, -0.25) is 14.4 Å². The van der Waals surface area contributed by atoms with Crippen LogP contribution in [0.2, 0.25) is 0 Å². The van der Waals surface area contributed by atoms with Crippen LogP contribution in [-0.4, -0.2) is 50.5 Å². The molecule has 0 aliphatic carbocycles. The Hall–Kier alpha value is -1.48. The molecule has 0 aromatic carbocycles. The highest BCUT2D eigenvalue weighted by Crippen LogP contribution is 2.50. The summed E-state index contributed by atoms with van der Waals surface area (Å²) in [7, 11) is 0. The van der Waals surface area contributed by atoms with Crippen molar-refractivity contribution >= 4 is 39.7 Å². The molecule has 2 amide bonds. The number of carbonyl (C=O) groups excluding carboxylic acids is 4. The number of rotatable bonds is 9. The first-order valence-electron chi connectivity index (χ1n) is 9.99. The fourth-order valence-electron chi connectivity index (χ4n) is 3.13. The van der Waals surface area contributed by atoms with Crippen LogP contribution in [0.15, 0.2) is 0 Å². The summed E-state index contributed by atoms with van der Waals surface area (Å²) in [6.45, 7) is 13.6. The fourth-order valence-corrected chi connectivity index (χ4v) is 3.43. The van der Waals surface area contributed by atoms with Crippen LogP contribution < -0.4 is 0 Å². The van der Waals surface area contributed by atoms with E-state index in [2.05, 4.69) is 15.9 Å². The Morgan fingerprint density at radius 2 is 1.53 bits per heavy atom. The molecule has 9 heteroatoms. The summed E-state index contributed by atoms with van der Waals surface area (Å²) in [6, 6.07) is 0. The number of hydroxylamine groups is 2. The van der Waals surface area contributed by atoms with E-state index in [0.29, 0.717) is 5.06 Å². The summed E-state index contributed by atoms with van der Waals surface area (Å²) < 4.78 is 4.86. The van der Waals surface area contributed by atoms with Crippen LogP contribution in [0.25, 0.3) is 0 Å². The summed E-state index contributed by atoms with van der Waals surface area (Å²) in [4.78, 5) is 54.4. The highest BCUT2D eigenvalue weighted by Gasteiger charge is 2.53. The normalized spacial score (nSPS) is 18.8. The Balaban J connectivity index is 3.09. The van der Waals surface area contributed by atoms with Crippen LogP contribution in [-0.2, 0) is 28.8 Å². The quantitative estimate of drug-likeness (QED) is 0.299. The van der Waals surface area contributed by atoms with Crippen LogP contribution >= 0.6 is 15.9 Å². The van der Waals surface area contributed by atoms with E-state index in [1.807, 2.05) is 27.7 Å². The average molecular weight is 492 g/mol. The first-order chi connectivity index (χ1) is 13.4. The fraction of sp³-hybridized carbons (Fsp3) is 0.810. The van der Waals surface area contributed by atoms with Crippen molar-refractivity contribution in [1.29, 1.82) is 0 Å². The van der Waals surface area contributed by atoms with Crippen LogP contribution in [0.1, 0.15) is 74.7 Å². The number of aliphatic hydroxyl groups excluding tert-OH is 1. The van der Waals surface area contributed by atoms with Gasteiger partial charge < -0.3 is 14.7 Å². The third kappa shape index (κ3) is 5.81. The number of carbonyl (C=O) groups is 4. The van der Waals surface area contributed by atoms with Crippen LogP contribution in [0.3, 0.4) is 0 Å². The minimum absolute atomic E-state index is 0.0201. The molecule has 1 rings (SSSR count).